The molecule has 1 saturated heterocycles. The van der Waals surface area contributed by atoms with Crippen molar-refractivity contribution in [2.75, 3.05) is 20.2 Å². The summed E-state index contributed by atoms with van der Waals surface area (Å²) in [7, 11) is -2.55. The maximum atomic E-state index is 13.3. The number of piperidine rings is 1. The quantitative estimate of drug-likeness (QED) is 0.568. The van der Waals surface area contributed by atoms with Gasteiger partial charge in [0.15, 0.2) is 5.78 Å². The fraction of sp³-hybridized carbons (Fsp3) is 0.333. The highest BCUT2D eigenvalue weighted by molar-refractivity contribution is 7.89. The number of sulfonamides is 1. The van der Waals surface area contributed by atoms with Crippen molar-refractivity contribution in [3.05, 3.63) is 65.7 Å². The van der Waals surface area contributed by atoms with Crippen LogP contribution in [0.25, 0.3) is 0 Å². The van der Waals surface area contributed by atoms with Gasteiger partial charge in [-0.3, -0.25) is 9.59 Å². The first-order valence-electron chi connectivity index (χ1n) is 9.07. The minimum Gasteiger partial charge on any atom is -0.469 e. The van der Waals surface area contributed by atoms with E-state index in [1.54, 1.807) is 12.1 Å². The molecule has 0 N–H and O–H groups in total. The number of ketones is 1. The molecule has 0 radical (unpaired) electrons. The van der Waals surface area contributed by atoms with Crippen molar-refractivity contribution in [1.82, 2.24) is 4.31 Å². The van der Waals surface area contributed by atoms with E-state index < -0.39 is 21.9 Å². The molecule has 2 unspecified atom stereocenters. The Morgan fingerprint density at radius 2 is 1.75 bits per heavy atom. The average molecular weight is 401 g/mol. The zero-order valence-corrected chi connectivity index (χ0v) is 16.7. The number of benzene rings is 2. The van der Waals surface area contributed by atoms with Crippen molar-refractivity contribution >= 4 is 21.8 Å². The van der Waals surface area contributed by atoms with E-state index >= 15 is 0 Å². The number of methoxy groups -OCH3 is 1. The molecule has 1 aliphatic heterocycles. The fourth-order valence-corrected chi connectivity index (χ4v) is 5.16. The van der Waals surface area contributed by atoms with Crippen LogP contribution < -0.4 is 0 Å². The summed E-state index contributed by atoms with van der Waals surface area (Å²) in [5.41, 5.74) is 1.32. The molecular weight excluding hydrogens is 378 g/mol. The molecule has 7 heteroatoms. The summed E-state index contributed by atoms with van der Waals surface area (Å²) >= 11 is 0. The molecule has 0 spiro atoms. The number of hydrogen-bond acceptors (Lipinski definition) is 5. The van der Waals surface area contributed by atoms with Gasteiger partial charge in [-0.25, -0.2) is 8.42 Å². The first-order chi connectivity index (χ1) is 13.3. The summed E-state index contributed by atoms with van der Waals surface area (Å²) in [4.78, 5) is 23.9. The van der Waals surface area contributed by atoms with Crippen molar-refractivity contribution < 1.29 is 22.7 Å². The first-order valence-corrected chi connectivity index (χ1v) is 10.5. The molecule has 0 bridgehead atoms. The van der Waals surface area contributed by atoms with E-state index in [2.05, 4.69) is 0 Å². The van der Waals surface area contributed by atoms with E-state index in [1.165, 1.54) is 30.5 Å². The number of esters is 1. The second-order valence-electron chi connectivity index (χ2n) is 6.97. The van der Waals surface area contributed by atoms with Gasteiger partial charge < -0.3 is 4.74 Å². The predicted octanol–water partition coefficient (Wildman–Crippen LogP) is 2.86. The largest absolute Gasteiger partial charge is 0.469 e. The zero-order chi connectivity index (χ0) is 20.3. The second kappa shape index (κ2) is 8.24. The minimum atomic E-state index is -3.86. The Morgan fingerprint density at radius 3 is 2.39 bits per heavy atom. The Labute approximate surface area is 165 Å². The number of hydrogen-bond donors (Lipinski definition) is 0. The van der Waals surface area contributed by atoms with Crippen molar-refractivity contribution in [2.24, 2.45) is 5.92 Å². The van der Waals surface area contributed by atoms with Gasteiger partial charge in [0.1, 0.15) is 0 Å². The molecule has 1 heterocycles. The lowest BCUT2D eigenvalue weighted by molar-refractivity contribution is -0.146. The zero-order valence-electron chi connectivity index (χ0n) is 15.9. The number of ether oxygens (including phenoxy) is 1. The Hall–Kier alpha value is -2.51. The van der Waals surface area contributed by atoms with Gasteiger partial charge in [0.05, 0.1) is 17.9 Å². The number of carbonyl (C=O) groups is 2. The van der Waals surface area contributed by atoms with Gasteiger partial charge in [-0.15, -0.1) is 0 Å². The van der Waals surface area contributed by atoms with Crippen LogP contribution in [0.15, 0.2) is 59.5 Å². The molecule has 0 amide bonds. The van der Waals surface area contributed by atoms with Gasteiger partial charge in [-0.1, -0.05) is 42.5 Å². The molecule has 6 nitrogen and oxygen atoms in total. The third kappa shape index (κ3) is 4.15. The monoisotopic (exact) mass is 401 g/mol. The molecule has 2 aromatic rings. The molecule has 28 heavy (non-hydrogen) atoms. The van der Waals surface area contributed by atoms with Gasteiger partial charge >= 0.3 is 5.97 Å². The Morgan fingerprint density at radius 1 is 1.04 bits per heavy atom. The minimum absolute atomic E-state index is 0.0533. The lowest BCUT2D eigenvalue weighted by Gasteiger charge is -2.36. The van der Waals surface area contributed by atoms with E-state index in [0.717, 1.165) is 5.56 Å². The molecule has 148 valence electrons. The van der Waals surface area contributed by atoms with Gasteiger partial charge in [0.25, 0.3) is 0 Å². The molecular formula is C21H23NO5S. The van der Waals surface area contributed by atoms with Crippen LogP contribution >= 0.6 is 0 Å². The Balaban J connectivity index is 1.97. The molecule has 3 rings (SSSR count). The number of carbonyl (C=O) groups excluding carboxylic acids is 2. The molecule has 0 aliphatic carbocycles. The van der Waals surface area contributed by atoms with Crippen LogP contribution in [0.5, 0.6) is 0 Å². The van der Waals surface area contributed by atoms with Crippen LogP contribution in [-0.2, 0) is 19.6 Å². The first kappa shape index (κ1) is 20.2. The molecule has 0 saturated carbocycles. The van der Waals surface area contributed by atoms with Crippen molar-refractivity contribution in [1.29, 1.82) is 0 Å². The molecule has 2 atom stereocenters. The van der Waals surface area contributed by atoms with E-state index in [0.29, 0.717) is 12.0 Å². The SMILES string of the molecule is COC(=O)C1CC(c2ccccc2)CN(S(=O)(=O)c2cccc(C(C)=O)c2)C1. The number of nitrogens with zero attached hydrogens (tertiary/aromatic N) is 1. The smallest absolute Gasteiger partial charge is 0.310 e. The van der Waals surface area contributed by atoms with Crippen LogP contribution in [-0.4, -0.2) is 44.7 Å². The Kier molecular flexibility index (Phi) is 5.96. The predicted molar refractivity (Wildman–Crippen MR) is 105 cm³/mol. The van der Waals surface area contributed by atoms with E-state index in [9.17, 15) is 18.0 Å². The van der Waals surface area contributed by atoms with Crippen molar-refractivity contribution in [3.8, 4) is 0 Å². The number of rotatable bonds is 5. The van der Waals surface area contributed by atoms with E-state index in [-0.39, 0.29) is 29.7 Å². The van der Waals surface area contributed by atoms with Crippen LogP contribution in [0.1, 0.15) is 35.2 Å². The summed E-state index contributed by atoms with van der Waals surface area (Å²) in [6, 6.07) is 15.6. The van der Waals surface area contributed by atoms with Gasteiger partial charge in [0.2, 0.25) is 10.0 Å². The lowest BCUT2D eigenvalue weighted by atomic mass is 9.85. The second-order valence-corrected chi connectivity index (χ2v) is 8.91. The van der Waals surface area contributed by atoms with Gasteiger partial charge in [-0.05, 0) is 37.0 Å². The Bertz CT molecular complexity index is 971. The third-order valence-corrected chi connectivity index (χ3v) is 6.93. The van der Waals surface area contributed by atoms with Gasteiger partial charge in [-0.2, -0.15) is 4.31 Å². The molecule has 1 fully saturated rings. The highest BCUT2D eigenvalue weighted by Crippen LogP contribution is 2.34. The topological polar surface area (TPSA) is 80.8 Å². The summed E-state index contributed by atoms with van der Waals surface area (Å²) in [6.07, 6.45) is 0.524. The van der Waals surface area contributed by atoms with E-state index in [4.69, 9.17) is 4.74 Å². The average Bonchev–Trinajstić information content (AvgIpc) is 2.73. The third-order valence-electron chi connectivity index (χ3n) is 5.10. The maximum Gasteiger partial charge on any atom is 0.310 e. The molecule has 0 aromatic heterocycles. The summed E-state index contributed by atoms with van der Waals surface area (Å²) in [5, 5.41) is 0. The van der Waals surface area contributed by atoms with Crippen molar-refractivity contribution in [2.45, 2.75) is 24.2 Å². The van der Waals surface area contributed by atoms with E-state index in [1.807, 2.05) is 30.3 Å². The summed E-state index contributed by atoms with van der Waals surface area (Å²) in [5.74, 6) is -1.29. The van der Waals surface area contributed by atoms with Crippen molar-refractivity contribution in [3.63, 3.8) is 0 Å². The molecule has 1 aliphatic rings. The van der Waals surface area contributed by atoms with Gasteiger partial charge in [0, 0.05) is 18.7 Å². The summed E-state index contributed by atoms with van der Waals surface area (Å²) < 4.78 is 32.7. The molecule has 2 aromatic carbocycles. The number of Topliss-reactive ketones (excluding diaryl/α,β-unsaturated/α-hetero) is 1. The normalized spacial score (nSPS) is 20.5. The maximum absolute atomic E-state index is 13.3. The van der Waals surface area contributed by atoms with Crippen LogP contribution in [0.4, 0.5) is 0 Å². The standard InChI is InChI=1S/C21H23NO5S/c1-15(23)17-9-6-10-20(12-17)28(25,26)22-13-18(16-7-4-3-5-8-16)11-19(14-22)21(24)27-2/h3-10,12,18-19H,11,13-14H2,1-2H3. The van der Waals surface area contributed by atoms with Crippen LogP contribution in [0, 0.1) is 5.92 Å². The fourth-order valence-electron chi connectivity index (χ4n) is 3.58. The van der Waals surface area contributed by atoms with Crippen LogP contribution in [0.2, 0.25) is 0 Å². The van der Waals surface area contributed by atoms with Crippen LogP contribution in [0.3, 0.4) is 0 Å². The summed E-state index contributed by atoms with van der Waals surface area (Å²) in [6.45, 7) is 1.72. The highest BCUT2D eigenvalue weighted by atomic mass is 32.2. The lowest BCUT2D eigenvalue weighted by Crippen LogP contribution is -2.45. The highest BCUT2D eigenvalue weighted by Gasteiger charge is 2.38.